The van der Waals surface area contributed by atoms with Crippen LogP contribution in [0.15, 0.2) is 46.6 Å². The van der Waals surface area contributed by atoms with Crippen LogP contribution in [0.2, 0.25) is 0 Å². The van der Waals surface area contributed by atoms with Crippen molar-refractivity contribution in [2.24, 2.45) is 10.1 Å². The molecule has 0 spiro atoms. The average molecular weight is 269 g/mol. The highest BCUT2D eigenvalue weighted by Crippen LogP contribution is 2.47. The van der Waals surface area contributed by atoms with Gasteiger partial charge in [0.2, 0.25) is 0 Å². The molecule has 0 aromatic heterocycles. The third-order valence-corrected chi connectivity index (χ3v) is 4.66. The number of hydrogen-bond donors (Lipinski definition) is 0. The van der Waals surface area contributed by atoms with Crippen LogP contribution in [0.4, 0.5) is 4.39 Å². The molecule has 1 aromatic rings. The maximum atomic E-state index is 13.1. The number of hydrogen-bond acceptors (Lipinski definition) is 3. The molecule has 1 fully saturated rings. The van der Waals surface area contributed by atoms with Gasteiger partial charge in [-0.2, -0.15) is 5.10 Å². The lowest BCUT2D eigenvalue weighted by Gasteiger charge is -2.42. The second kappa shape index (κ2) is 4.27. The summed E-state index contributed by atoms with van der Waals surface area (Å²) in [5.74, 6) is -0.179. The number of halogens is 1. The van der Waals surface area contributed by atoms with E-state index in [1.165, 1.54) is 17.7 Å². The van der Waals surface area contributed by atoms with Gasteiger partial charge in [0.15, 0.2) is 0 Å². The molecule has 4 rings (SSSR count). The number of allylic oxidation sites excluding steroid dienone is 1. The Kier molecular flexibility index (Phi) is 2.52. The van der Waals surface area contributed by atoms with Crippen molar-refractivity contribution in [3.05, 3.63) is 47.9 Å². The second-order valence-corrected chi connectivity index (χ2v) is 5.69. The van der Waals surface area contributed by atoms with E-state index in [9.17, 15) is 4.39 Å². The number of hydrazone groups is 1. The lowest BCUT2D eigenvalue weighted by molar-refractivity contribution is 0.329. The SMILES string of the molecule is Fc1ccc(C2(C3=NN4C=CC=NC4C3)CCC2)cc1. The van der Waals surface area contributed by atoms with Crippen molar-refractivity contribution in [3.8, 4) is 0 Å². The van der Waals surface area contributed by atoms with E-state index in [2.05, 4.69) is 4.99 Å². The van der Waals surface area contributed by atoms with Gasteiger partial charge in [-0.25, -0.2) is 9.40 Å². The van der Waals surface area contributed by atoms with E-state index >= 15 is 0 Å². The average Bonchev–Trinajstić information content (AvgIpc) is 2.83. The van der Waals surface area contributed by atoms with E-state index in [1.807, 2.05) is 35.6 Å². The van der Waals surface area contributed by atoms with Crippen molar-refractivity contribution in [1.82, 2.24) is 5.01 Å². The molecule has 20 heavy (non-hydrogen) atoms. The summed E-state index contributed by atoms with van der Waals surface area (Å²) in [5, 5.41) is 6.70. The largest absolute Gasteiger partial charge is 0.266 e. The number of rotatable bonds is 2. The van der Waals surface area contributed by atoms with Crippen molar-refractivity contribution >= 4 is 11.9 Å². The topological polar surface area (TPSA) is 28.0 Å². The number of benzene rings is 1. The Morgan fingerprint density at radius 3 is 2.65 bits per heavy atom. The minimum Gasteiger partial charge on any atom is -0.266 e. The van der Waals surface area contributed by atoms with Crippen molar-refractivity contribution in [1.29, 1.82) is 0 Å². The minimum atomic E-state index is -0.179. The predicted molar refractivity (Wildman–Crippen MR) is 77.2 cm³/mol. The summed E-state index contributed by atoms with van der Waals surface area (Å²) in [6.07, 6.45) is 10.1. The lowest BCUT2D eigenvalue weighted by atomic mass is 9.61. The first kappa shape index (κ1) is 11.8. The molecule has 1 saturated carbocycles. The summed E-state index contributed by atoms with van der Waals surface area (Å²) in [7, 11) is 0. The third kappa shape index (κ3) is 1.64. The highest BCUT2D eigenvalue weighted by atomic mass is 19.1. The van der Waals surface area contributed by atoms with E-state index in [1.54, 1.807) is 12.1 Å². The third-order valence-electron chi connectivity index (χ3n) is 4.66. The molecule has 4 heteroatoms. The molecule has 102 valence electrons. The fourth-order valence-electron chi connectivity index (χ4n) is 3.38. The molecule has 0 saturated heterocycles. The Morgan fingerprint density at radius 1 is 1.20 bits per heavy atom. The van der Waals surface area contributed by atoms with Crippen LogP contribution in [0.3, 0.4) is 0 Å². The normalized spacial score (nSPS) is 26.1. The number of fused-ring (bicyclic) bond motifs is 1. The summed E-state index contributed by atoms with van der Waals surface area (Å²) in [6, 6.07) is 6.92. The molecular formula is C16H16FN3. The van der Waals surface area contributed by atoms with Gasteiger partial charge in [-0.3, -0.25) is 4.99 Å². The number of aliphatic imine (C=N–C) groups is 1. The molecular weight excluding hydrogens is 253 g/mol. The van der Waals surface area contributed by atoms with Gasteiger partial charge in [0.25, 0.3) is 0 Å². The standard InChI is InChI=1S/C16H16FN3/c17-13-5-3-12(4-6-13)16(7-1-8-16)14-11-15-18-9-2-10-20(15)19-14/h2-6,9-10,15H,1,7-8,11H2. The fraction of sp³-hybridized carbons (Fsp3) is 0.375. The highest BCUT2D eigenvalue weighted by Gasteiger charge is 2.46. The Balaban J connectivity index is 1.70. The zero-order chi connectivity index (χ0) is 13.6. The van der Waals surface area contributed by atoms with Crippen LogP contribution in [0.25, 0.3) is 0 Å². The quantitative estimate of drug-likeness (QED) is 0.810. The molecule has 2 aliphatic heterocycles. The van der Waals surface area contributed by atoms with Crippen LogP contribution in [-0.4, -0.2) is 23.1 Å². The van der Waals surface area contributed by atoms with Crippen LogP contribution in [-0.2, 0) is 5.41 Å². The Labute approximate surface area is 117 Å². The fourth-order valence-corrected chi connectivity index (χ4v) is 3.38. The first-order valence-corrected chi connectivity index (χ1v) is 7.10. The summed E-state index contributed by atoms with van der Waals surface area (Å²) in [4.78, 5) is 4.46. The van der Waals surface area contributed by atoms with Crippen LogP contribution in [0, 0.1) is 5.82 Å². The van der Waals surface area contributed by atoms with Gasteiger partial charge in [-0.15, -0.1) is 0 Å². The lowest BCUT2D eigenvalue weighted by Crippen LogP contribution is -2.42. The molecule has 3 aliphatic rings. The zero-order valence-corrected chi connectivity index (χ0v) is 11.2. The van der Waals surface area contributed by atoms with E-state index in [0.29, 0.717) is 0 Å². The monoisotopic (exact) mass is 269 g/mol. The van der Waals surface area contributed by atoms with E-state index in [4.69, 9.17) is 5.10 Å². The summed E-state index contributed by atoms with van der Waals surface area (Å²) < 4.78 is 13.1. The molecule has 0 amide bonds. The summed E-state index contributed by atoms with van der Waals surface area (Å²) >= 11 is 0. The molecule has 3 nitrogen and oxygen atoms in total. The molecule has 1 unspecified atom stereocenters. The van der Waals surface area contributed by atoms with Crippen molar-refractivity contribution < 1.29 is 4.39 Å². The summed E-state index contributed by atoms with van der Waals surface area (Å²) in [5.41, 5.74) is 2.40. The van der Waals surface area contributed by atoms with Gasteiger partial charge in [0, 0.05) is 24.3 Å². The Bertz CT molecular complexity index is 611. The van der Waals surface area contributed by atoms with Crippen LogP contribution in [0.1, 0.15) is 31.2 Å². The molecule has 2 heterocycles. The molecule has 1 aromatic carbocycles. The molecule has 1 aliphatic carbocycles. The van der Waals surface area contributed by atoms with E-state index in [-0.39, 0.29) is 17.4 Å². The van der Waals surface area contributed by atoms with Gasteiger partial charge in [0.1, 0.15) is 12.0 Å². The van der Waals surface area contributed by atoms with Gasteiger partial charge in [-0.05, 0) is 36.6 Å². The van der Waals surface area contributed by atoms with Crippen molar-refractivity contribution in [2.75, 3.05) is 0 Å². The van der Waals surface area contributed by atoms with Crippen LogP contribution < -0.4 is 0 Å². The Morgan fingerprint density at radius 2 is 2.00 bits per heavy atom. The smallest absolute Gasteiger partial charge is 0.146 e. The molecule has 1 atom stereocenters. The number of nitrogens with zero attached hydrogens (tertiary/aromatic N) is 3. The van der Waals surface area contributed by atoms with Crippen molar-refractivity contribution in [2.45, 2.75) is 37.3 Å². The summed E-state index contributed by atoms with van der Waals surface area (Å²) in [6.45, 7) is 0. The van der Waals surface area contributed by atoms with Crippen LogP contribution >= 0.6 is 0 Å². The van der Waals surface area contributed by atoms with Gasteiger partial charge < -0.3 is 0 Å². The maximum Gasteiger partial charge on any atom is 0.146 e. The second-order valence-electron chi connectivity index (χ2n) is 5.69. The first-order chi connectivity index (χ1) is 9.78. The van der Waals surface area contributed by atoms with Gasteiger partial charge in [-0.1, -0.05) is 18.6 Å². The van der Waals surface area contributed by atoms with E-state index < -0.39 is 0 Å². The van der Waals surface area contributed by atoms with Crippen molar-refractivity contribution in [3.63, 3.8) is 0 Å². The first-order valence-electron chi connectivity index (χ1n) is 7.10. The van der Waals surface area contributed by atoms with Gasteiger partial charge in [0.05, 0.1) is 5.71 Å². The zero-order valence-electron chi connectivity index (χ0n) is 11.2. The minimum absolute atomic E-state index is 0.00833. The van der Waals surface area contributed by atoms with Crippen LogP contribution in [0.5, 0.6) is 0 Å². The van der Waals surface area contributed by atoms with Gasteiger partial charge >= 0.3 is 0 Å². The molecule has 0 radical (unpaired) electrons. The molecule has 0 bridgehead atoms. The highest BCUT2D eigenvalue weighted by molar-refractivity contribution is 5.97. The Hall–Kier alpha value is -1.97. The molecule has 0 N–H and O–H groups in total. The van der Waals surface area contributed by atoms with E-state index in [0.717, 1.165) is 19.3 Å². The maximum absolute atomic E-state index is 13.1. The predicted octanol–water partition coefficient (Wildman–Crippen LogP) is 3.23.